The first-order valence-corrected chi connectivity index (χ1v) is 13.8. The van der Waals surface area contributed by atoms with Crippen molar-refractivity contribution in [3.05, 3.63) is 35.9 Å². The van der Waals surface area contributed by atoms with Crippen LogP contribution in [0.3, 0.4) is 0 Å². The van der Waals surface area contributed by atoms with E-state index >= 15 is 0 Å². The summed E-state index contributed by atoms with van der Waals surface area (Å²) >= 11 is 1.63. The van der Waals surface area contributed by atoms with Gasteiger partial charge in [-0.3, -0.25) is 14.4 Å². The topological polar surface area (TPSA) is 95.9 Å². The lowest BCUT2D eigenvalue weighted by atomic mass is 9.66. The Labute approximate surface area is 212 Å². The van der Waals surface area contributed by atoms with Gasteiger partial charge in [-0.05, 0) is 44.6 Å². The van der Waals surface area contributed by atoms with Crippen LogP contribution in [0.2, 0.25) is 0 Å². The monoisotopic (exact) mass is 502 g/mol. The zero-order chi connectivity index (χ0) is 25.3. The molecule has 3 heterocycles. The quantitative estimate of drug-likeness (QED) is 0.478. The van der Waals surface area contributed by atoms with Crippen LogP contribution in [0.4, 0.5) is 0 Å². The number of aliphatic hydroxyl groups excluding tert-OH is 1. The second-order valence-corrected chi connectivity index (χ2v) is 11.8. The number of amides is 2. The molecule has 1 spiro atoms. The van der Waals surface area contributed by atoms with E-state index in [4.69, 9.17) is 4.74 Å². The average Bonchev–Trinajstić information content (AvgIpc) is 3.42. The van der Waals surface area contributed by atoms with E-state index in [1.165, 1.54) is 0 Å². The summed E-state index contributed by atoms with van der Waals surface area (Å²) in [7, 11) is 0. The molecule has 3 aliphatic rings. The lowest BCUT2D eigenvalue weighted by Gasteiger charge is -2.40. The van der Waals surface area contributed by atoms with E-state index in [0.29, 0.717) is 6.42 Å². The van der Waals surface area contributed by atoms with Crippen LogP contribution in [0, 0.1) is 17.8 Å². The number of ether oxygens (including phenoxy) is 1. The third-order valence-corrected chi connectivity index (χ3v) is 10.1. The van der Waals surface area contributed by atoms with Crippen molar-refractivity contribution in [2.24, 2.45) is 17.8 Å². The first kappa shape index (κ1) is 26.0. The third-order valence-electron chi connectivity index (χ3n) is 8.02. The largest absolute Gasteiger partial charge is 0.466 e. The van der Waals surface area contributed by atoms with E-state index in [1.807, 2.05) is 37.3 Å². The fourth-order valence-corrected chi connectivity index (χ4v) is 9.02. The van der Waals surface area contributed by atoms with Gasteiger partial charge in [0.15, 0.2) is 0 Å². The molecule has 0 radical (unpaired) electrons. The molecule has 0 aromatic heterocycles. The predicted octanol–water partition coefficient (Wildman–Crippen LogP) is 2.80. The van der Waals surface area contributed by atoms with Crippen molar-refractivity contribution in [2.75, 3.05) is 13.2 Å². The number of carbonyl (C=O) groups is 3. The van der Waals surface area contributed by atoms with E-state index in [9.17, 15) is 19.5 Å². The van der Waals surface area contributed by atoms with E-state index in [-0.39, 0.29) is 48.2 Å². The Morgan fingerprint density at radius 1 is 1.29 bits per heavy atom. The van der Waals surface area contributed by atoms with Gasteiger partial charge in [-0.25, -0.2) is 0 Å². The summed E-state index contributed by atoms with van der Waals surface area (Å²) in [6, 6.07) is 8.37. The lowest BCUT2D eigenvalue weighted by molar-refractivity contribution is -0.154. The number of nitrogens with zero attached hydrogens (tertiary/aromatic N) is 1. The Hall–Kier alpha value is -2.06. The van der Waals surface area contributed by atoms with Crippen LogP contribution in [0.5, 0.6) is 0 Å². The number of esters is 1. The molecular formula is C27H38N2O5S. The highest BCUT2D eigenvalue weighted by Crippen LogP contribution is 2.68. The molecule has 8 heteroatoms. The maximum Gasteiger partial charge on any atom is 0.310 e. The number of hydrogen-bond donors (Lipinski definition) is 2. The standard InChI is InChI=1S/C27H38N2O5S/c1-5-10-17(4)28-24(31)23-27-16(3)13-20(35-27)21(26(33)34-6-2)22(27)25(32)29(23)19(15-30)14-18-11-8-7-9-12-18/h7-9,11-12,16-17,19-23,30H,5-6,10,13-15H2,1-4H3,(H,28,31)/t16?,17?,19-,20+,21-,22+,23?,27?/m1/s1. The predicted molar refractivity (Wildman–Crippen MR) is 136 cm³/mol. The van der Waals surface area contributed by atoms with Gasteiger partial charge in [0, 0.05) is 11.3 Å². The molecule has 3 fully saturated rings. The molecule has 4 unspecified atom stereocenters. The van der Waals surface area contributed by atoms with Gasteiger partial charge >= 0.3 is 5.97 Å². The molecule has 0 aliphatic carbocycles. The van der Waals surface area contributed by atoms with Gasteiger partial charge in [0.25, 0.3) is 0 Å². The maximum atomic E-state index is 14.2. The Morgan fingerprint density at radius 3 is 2.63 bits per heavy atom. The van der Waals surface area contributed by atoms with Crippen LogP contribution in [-0.4, -0.2) is 69.1 Å². The number of hydrogen-bond acceptors (Lipinski definition) is 6. The van der Waals surface area contributed by atoms with Crippen molar-refractivity contribution < 1.29 is 24.2 Å². The smallest absolute Gasteiger partial charge is 0.310 e. The molecule has 192 valence electrons. The second-order valence-electron chi connectivity index (χ2n) is 10.3. The summed E-state index contributed by atoms with van der Waals surface area (Å²) in [6.45, 7) is 7.92. The molecule has 3 saturated heterocycles. The fraction of sp³-hybridized carbons (Fsp3) is 0.667. The molecule has 0 saturated carbocycles. The van der Waals surface area contributed by atoms with Gasteiger partial charge in [-0.15, -0.1) is 11.8 Å². The van der Waals surface area contributed by atoms with Gasteiger partial charge in [-0.1, -0.05) is 50.6 Å². The van der Waals surface area contributed by atoms with Crippen molar-refractivity contribution in [3.63, 3.8) is 0 Å². The molecule has 1 aromatic rings. The summed E-state index contributed by atoms with van der Waals surface area (Å²) < 4.78 is 4.69. The molecule has 8 atom stereocenters. The molecule has 2 amide bonds. The number of likely N-dealkylation sites (tertiary alicyclic amines) is 1. The molecular weight excluding hydrogens is 464 g/mol. The number of benzene rings is 1. The van der Waals surface area contributed by atoms with Crippen LogP contribution >= 0.6 is 11.8 Å². The zero-order valence-corrected chi connectivity index (χ0v) is 21.9. The molecule has 7 nitrogen and oxygen atoms in total. The van der Waals surface area contributed by atoms with E-state index in [2.05, 4.69) is 19.2 Å². The van der Waals surface area contributed by atoms with Crippen LogP contribution < -0.4 is 5.32 Å². The average molecular weight is 503 g/mol. The summed E-state index contributed by atoms with van der Waals surface area (Å²) in [5.74, 6) is -1.84. The normalized spacial score (nSPS) is 32.9. The highest BCUT2D eigenvalue weighted by atomic mass is 32.2. The minimum absolute atomic E-state index is 0.0265. The first-order chi connectivity index (χ1) is 16.8. The van der Waals surface area contributed by atoms with E-state index in [0.717, 1.165) is 24.8 Å². The number of thioether (sulfide) groups is 1. The molecule has 4 rings (SSSR count). The number of aliphatic hydroxyl groups is 1. The fourth-order valence-electron chi connectivity index (χ4n) is 6.62. The minimum Gasteiger partial charge on any atom is -0.466 e. The number of fused-ring (bicyclic) bond motifs is 1. The van der Waals surface area contributed by atoms with Gasteiger partial charge in [0.2, 0.25) is 11.8 Å². The Kier molecular flexibility index (Phi) is 7.81. The number of carbonyl (C=O) groups excluding carboxylic acids is 3. The highest BCUT2D eigenvalue weighted by Gasteiger charge is 2.76. The van der Waals surface area contributed by atoms with Crippen molar-refractivity contribution in [1.82, 2.24) is 10.2 Å². The van der Waals surface area contributed by atoms with Gasteiger partial charge < -0.3 is 20.1 Å². The molecule has 35 heavy (non-hydrogen) atoms. The first-order valence-electron chi connectivity index (χ1n) is 12.9. The third kappa shape index (κ3) is 4.37. The SMILES string of the molecule is CCCC(C)NC(=O)C1N([C@@H](CO)Cc2ccccc2)C(=O)[C@@H]2[C@H](C(=O)OCC)[C@@H]3CC(C)C12S3. The van der Waals surface area contributed by atoms with Crippen molar-refractivity contribution in [2.45, 2.75) is 81.5 Å². The summed E-state index contributed by atoms with van der Waals surface area (Å²) in [5.41, 5.74) is 0.986. The van der Waals surface area contributed by atoms with Crippen LogP contribution in [0.1, 0.15) is 52.5 Å². The van der Waals surface area contributed by atoms with Crippen molar-refractivity contribution in [1.29, 1.82) is 0 Å². The van der Waals surface area contributed by atoms with Crippen LogP contribution in [0.15, 0.2) is 30.3 Å². The molecule has 3 aliphatic heterocycles. The van der Waals surface area contributed by atoms with E-state index < -0.39 is 28.7 Å². The van der Waals surface area contributed by atoms with Crippen molar-refractivity contribution in [3.8, 4) is 0 Å². The molecule has 2 N–H and O–H groups in total. The van der Waals surface area contributed by atoms with Gasteiger partial charge in [0.05, 0.1) is 35.8 Å². The lowest BCUT2D eigenvalue weighted by Crippen LogP contribution is -2.59. The Balaban J connectivity index is 1.76. The van der Waals surface area contributed by atoms with Crippen LogP contribution in [0.25, 0.3) is 0 Å². The second kappa shape index (κ2) is 10.5. The van der Waals surface area contributed by atoms with Gasteiger partial charge in [0.1, 0.15) is 6.04 Å². The highest BCUT2D eigenvalue weighted by molar-refractivity contribution is 8.02. The zero-order valence-electron chi connectivity index (χ0n) is 21.1. The van der Waals surface area contributed by atoms with Gasteiger partial charge in [-0.2, -0.15) is 0 Å². The van der Waals surface area contributed by atoms with Crippen molar-refractivity contribution >= 4 is 29.5 Å². The number of rotatable bonds is 10. The summed E-state index contributed by atoms with van der Waals surface area (Å²) in [4.78, 5) is 42.8. The van der Waals surface area contributed by atoms with E-state index in [1.54, 1.807) is 23.6 Å². The Bertz CT molecular complexity index is 943. The minimum atomic E-state index is -0.746. The van der Waals surface area contributed by atoms with Crippen LogP contribution in [-0.2, 0) is 25.5 Å². The molecule has 1 aromatic carbocycles. The Morgan fingerprint density at radius 2 is 2.00 bits per heavy atom. The summed E-state index contributed by atoms with van der Waals surface area (Å²) in [6.07, 6.45) is 2.98. The number of nitrogens with one attached hydrogen (secondary N) is 1. The molecule has 2 bridgehead atoms. The maximum absolute atomic E-state index is 14.2. The summed E-state index contributed by atoms with van der Waals surface area (Å²) in [5, 5.41) is 13.6.